The van der Waals surface area contributed by atoms with Gasteiger partial charge in [0, 0.05) is 23.7 Å². The van der Waals surface area contributed by atoms with Gasteiger partial charge in [-0.2, -0.15) is 0 Å². The molecule has 1 aromatic heterocycles. The van der Waals surface area contributed by atoms with Crippen LogP contribution in [0, 0.1) is 0 Å². The van der Waals surface area contributed by atoms with Crippen molar-refractivity contribution < 1.29 is 19.1 Å². The molecule has 0 radical (unpaired) electrons. The molecular weight excluding hydrogens is 340 g/mol. The second-order valence-corrected chi connectivity index (χ2v) is 7.16. The number of amides is 2. The fraction of sp³-hybridized carbons (Fsp3) is 0.333. The first-order valence-electron chi connectivity index (χ1n) is 8.34. The SMILES string of the molecule is O=C(NSc1cc(C(=O)O)co1)Nc1c2c(cc3c1CCC3)CCC2. The van der Waals surface area contributed by atoms with Crippen molar-refractivity contribution in [3.8, 4) is 0 Å². The first-order valence-corrected chi connectivity index (χ1v) is 9.15. The third-order valence-electron chi connectivity index (χ3n) is 4.78. The van der Waals surface area contributed by atoms with E-state index in [0.717, 1.165) is 62.4 Å². The first kappa shape index (κ1) is 16.1. The van der Waals surface area contributed by atoms with Crippen LogP contribution in [0.3, 0.4) is 0 Å². The minimum Gasteiger partial charge on any atom is -0.478 e. The van der Waals surface area contributed by atoms with Crippen LogP contribution in [0.5, 0.6) is 0 Å². The zero-order valence-corrected chi connectivity index (χ0v) is 14.4. The molecule has 2 aliphatic rings. The molecule has 1 heterocycles. The molecule has 0 fully saturated rings. The molecule has 2 aliphatic carbocycles. The van der Waals surface area contributed by atoms with E-state index in [0.29, 0.717) is 5.09 Å². The van der Waals surface area contributed by atoms with Crippen LogP contribution in [-0.2, 0) is 25.7 Å². The number of furan rings is 1. The standard InChI is InChI=1S/C18H18N2O4S/c21-17(22)12-8-15(24-9-12)25-20-18(23)19-16-13-5-1-3-10(13)7-11-4-2-6-14(11)16/h7-9H,1-6H2,(H,21,22)(H2,19,20,23). The zero-order valence-electron chi connectivity index (χ0n) is 13.6. The van der Waals surface area contributed by atoms with Gasteiger partial charge in [-0.05, 0) is 60.8 Å². The number of hydrogen-bond acceptors (Lipinski definition) is 4. The highest BCUT2D eigenvalue weighted by molar-refractivity contribution is 7.97. The van der Waals surface area contributed by atoms with Gasteiger partial charge in [-0.15, -0.1) is 0 Å². The molecule has 4 rings (SSSR count). The van der Waals surface area contributed by atoms with Crippen molar-refractivity contribution in [2.75, 3.05) is 5.32 Å². The number of carbonyl (C=O) groups excluding carboxylic acids is 1. The highest BCUT2D eigenvalue weighted by Crippen LogP contribution is 2.38. The number of anilines is 1. The number of nitrogens with one attached hydrogen (secondary N) is 2. The van der Waals surface area contributed by atoms with E-state index in [4.69, 9.17) is 9.52 Å². The van der Waals surface area contributed by atoms with E-state index in [9.17, 15) is 9.59 Å². The Morgan fingerprint density at radius 1 is 1.04 bits per heavy atom. The number of hydrogen-bond donors (Lipinski definition) is 3. The third-order valence-corrected chi connectivity index (χ3v) is 5.48. The lowest BCUT2D eigenvalue weighted by Crippen LogP contribution is -2.24. The van der Waals surface area contributed by atoms with Crippen LogP contribution >= 0.6 is 11.9 Å². The minimum absolute atomic E-state index is 0.0587. The van der Waals surface area contributed by atoms with Crippen molar-refractivity contribution in [1.82, 2.24) is 4.72 Å². The summed E-state index contributed by atoms with van der Waals surface area (Å²) < 4.78 is 7.78. The number of rotatable bonds is 4. The largest absolute Gasteiger partial charge is 0.478 e. The van der Waals surface area contributed by atoms with E-state index in [-0.39, 0.29) is 11.6 Å². The van der Waals surface area contributed by atoms with E-state index < -0.39 is 5.97 Å². The van der Waals surface area contributed by atoms with Gasteiger partial charge in [-0.25, -0.2) is 9.59 Å². The van der Waals surface area contributed by atoms with Gasteiger partial charge < -0.3 is 14.8 Å². The maximum atomic E-state index is 12.3. The molecule has 1 aromatic carbocycles. The summed E-state index contributed by atoms with van der Waals surface area (Å²) >= 11 is 0.961. The average molecular weight is 358 g/mol. The smallest absolute Gasteiger partial charge is 0.339 e. The summed E-state index contributed by atoms with van der Waals surface area (Å²) in [5, 5.41) is 12.2. The highest BCUT2D eigenvalue weighted by Gasteiger charge is 2.25. The van der Waals surface area contributed by atoms with E-state index in [2.05, 4.69) is 16.1 Å². The first-order chi connectivity index (χ1) is 12.1. The molecule has 7 heteroatoms. The summed E-state index contributed by atoms with van der Waals surface area (Å²) in [7, 11) is 0. The molecule has 2 aromatic rings. The number of fused-ring (bicyclic) bond motifs is 2. The van der Waals surface area contributed by atoms with Crippen molar-refractivity contribution in [2.24, 2.45) is 0 Å². The Morgan fingerprint density at radius 3 is 2.32 bits per heavy atom. The van der Waals surface area contributed by atoms with Crippen LogP contribution < -0.4 is 10.0 Å². The summed E-state index contributed by atoms with van der Waals surface area (Å²) in [4.78, 5) is 23.2. The number of carbonyl (C=O) groups is 2. The van der Waals surface area contributed by atoms with Gasteiger partial charge in [-0.3, -0.25) is 4.72 Å². The van der Waals surface area contributed by atoms with Crippen LogP contribution in [0.2, 0.25) is 0 Å². The maximum Gasteiger partial charge on any atom is 0.339 e. The van der Waals surface area contributed by atoms with Gasteiger partial charge in [0.05, 0.1) is 5.56 Å². The van der Waals surface area contributed by atoms with Crippen LogP contribution in [0.15, 0.2) is 27.9 Å². The van der Waals surface area contributed by atoms with Gasteiger partial charge in [0.15, 0.2) is 5.09 Å². The Hall–Kier alpha value is -2.41. The Labute approximate surface area is 149 Å². The van der Waals surface area contributed by atoms with E-state index in [1.165, 1.54) is 28.3 Å². The van der Waals surface area contributed by atoms with Gasteiger partial charge in [0.2, 0.25) is 0 Å². The Bertz CT molecular complexity index is 827. The number of aromatic carboxylic acids is 1. The molecule has 0 spiro atoms. The lowest BCUT2D eigenvalue weighted by molar-refractivity contribution is 0.0696. The summed E-state index contributed by atoms with van der Waals surface area (Å²) in [5.41, 5.74) is 6.30. The number of benzene rings is 1. The van der Waals surface area contributed by atoms with Crippen molar-refractivity contribution in [3.05, 3.63) is 46.2 Å². The number of urea groups is 1. The Balaban J connectivity index is 1.47. The van der Waals surface area contributed by atoms with Crippen molar-refractivity contribution in [3.63, 3.8) is 0 Å². The van der Waals surface area contributed by atoms with Crippen molar-refractivity contribution >= 4 is 29.6 Å². The van der Waals surface area contributed by atoms with Gasteiger partial charge in [-0.1, -0.05) is 6.07 Å². The molecular formula is C18H18N2O4S. The monoisotopic (exact) mass is 358 g/mol. The molecule has 25 heavy (non-hydrogen) atoms. The molecule has 0 bridgehead atoms. The third kappa shape index (κ3) is 3.11. The Morgan fingerprint density at radius 2 is 1.72 bits per heavy atom. The molecule has 2 amide bonds. The molecule has 130 valence electrons. The number of carboxylic acids is 1. The fourth-order valence-electron chi connectivity index (χ4n) is 3.69. The summed E-state index contributed by atoms with van der Waals surface area (Å²) in [6, 6.07) is 3.37. The zero-order chi connectivity index (χ0) is 17.4. The van der Waals surface area contributed by atoms with Crippen molar-refractivity contribution in [2.45, 2.75) is 43.6 Å². The topological polar surface area (TPSA) is 91.6 Å². The van der Waals surface area contributed by atoms with Gasteiger partial charge >= 0.3 is 12.0 Å². The fourth-order valence-corrected chi connectivity index (χ4v) is 4.21. The quantitative estimate of drug-likeness (QED) is 0.724. The molecule has 3 N–H and O–H groups in total. The molecule has 0 unspecified atom stereocenters. The predicted octanol–water partition coefficient (Wildman–Crippen LogP) is 3.78. The van der Waals surface area contributed by atoms with Crippen LogP contribution in [0.1, 0.15) is 45.5 Å². The van der Waals surface area contributed by atoms with E-state index >= 15 is 0 Å². The normalized spacial score (nSPS) is 14.9. The predicted molar refractivity (Wildman–Crippen MR) is 94.2 cm³/mol. The highest BCUT2D eigenvalue weighted by atomic mass is 32.2. The maximum absolute atomic E-state index is 12.3. The van der Waals surface area contributed by atoms with Crippen molar-refractivity contribution in [1.29, 1.82) is 0 Å². The summed E-state index contributed by atoms with van der Waals surface area (Å²) in [6.45, 7) is 0. The summed E-state index contributed by atoms with van der Waals surface area (Å²) in [6.07, 6.45) is 7.59. The minimum atomic E-state index is -1.06. The lowest BCUT2D eigenvalue weighted by Gasteiger charge is -2.16. The second-order valence-electron chi connectivity index (χ2n) is 6.35. The van der Waals surface area contributed by atoms with Crippen LogP contribution in [0.4, 0.5) is 10.5 Å². The van der Waals surface area contributed by atoms with Crippen LogP contribution in [0.25, 0.3) is 0 Å². The molecule has 0 saturated carbocycles. The van der Waals surface area contributed by atoms with E-state index in [1.807, 2.05) is 0 Å². The second kappa shape index (κ2) is 6.48. The number of carboxylic acid groups (broad SMARTS) is 1. The number of aryl methyl sites for hydroxylation is 2. The molecule has 0 aliphatic heterocycles. The van der Waals surface area contributed by atoms with Gasteiger partial charge in [0.1, 0.15) is 6.26 Å². The molecule has 0 atom stereocenters. The summed E-state index contributed by atoms with van der Waals surface area (Å²) in [5.74, 6) is -1.06. The van der Waals surface area contributed by atoms with E-state index in [1.54, 1.807) is 0 Å². The molecule has 6 nitrogen and oxygen atoms in total. The lowest BCUT2D eigenvalue weighted by atomic mass is 9.99. The Kier molecular flexibility index (Phi) is 4.17. The van der Waals surface area contributed by atoms with Gasteiger partial charge in [0.25, 0.3) is 0 Å². The molecule has 0 saturated heterocycles. The average Bonchev–Trinajstić information content (AvgIpc) is 3.32. The van der Waals surface area contributed by atoms with Crippen LogP contribution in [-0.4, -0.2) is 17.1 Å².